The standard InChI is InChI=1S/C19H23N3O2/c1-13(2)6-7-18(23)22-11-16-8-14-4-3-5-17(19(14)24-16)15-9-20-12-21-10-15/h3-5,9-10,12-13,16H,6-8,11H2,1-2H3,(H,22,23)/t16-/m0/s1. The number of hydrogen-bond donors (Lipinski definition) is 1. The second-order valence-corrected chi connectivity index (χ2v) is 6.60. The van der Waals surface area contributed by atoms with Crippen LogP contribution in [-0.4, -0.2) is 28.5 Å². The lowest BCUT2D eigenvalue weighted by Gasteiger charge is -2.13. The van der Waals surface area contributed by atoms with E-state index in [1.54, 1.807) is 12.4 Å². The maximum atomic E-state index is 11.9. The van der Waals surface area contributed by atoms with Crippen LogP contribution in [0.1, 0.15) is 32.3 Å². The zero-order valence-corrected chi connectivity index (χ0v) is 14.2. The zero-order chi connectivity index (χ0) is 16.9. The van der Waals surface area contributed by atoms with Crippen molar-refractivity contribution in [2.75, 3.05) is 6.54 Å². The number of fused-ring (bicyclic) bond motifs is 1. The van der Waals surface area contributed by atoms with Crippen LogP contribution in [0.25, 0.3) is 11.1 Å². The molecule has 24 heavy (non-hydrogen) atoms. The smallest absolute Gasteiger partial charge is 0.220 e. The van der Waals surface area contributed by atoms with Gasteiger partial charge in [-0.3, -0.25) is 4.79 Å². The molecule has 1 N–H and O–H groups in total. The summed E-state index contributed by atoms with van der Waals surface area (Å²) in [5.74, 6) is 1.52. The monoisotopic (exact) mass is 325 g/mol. The van der Waals surface area contributed by atoms with Gasteiger partial charge in [0.1, 0.15) is 18.2 Å². The van der Waals surface area contributed by atoms with Crippen LogP contribution < -0.4 is 10.1 Å². The molecule has 0 unspecified atom stereocenters. The molecular formula is C19H23N3O2. The summed E-state index contributed by atoms with van der Waals surface area (Å²) in [6.07, 6.45) is 7.36. The van der Waals surface area contributed by atoms with Crippen LogP contribution in [0.5, 0.6) is 5.75 Å². The maximum absolute atomic E-state index is 11.9. The summed E-state index contributed by atoms with van der Waals surface area (Å²) in [6.45, 7) is 4.79. The first-order chi connectivity index (χ1) is 11.6. The van der Waals surface area contributed by atoms with Crippen LogP contribution in [0.2, 0.25) is 0 Å². The highest BCUT2D eigenvalue weighted by atomic mass is 16.5. The molecule has 3 rings (SSSR count). The number of nitrogens with zero attached hydrogens (tertiary/aromatic N) is 2. The molecule has 0 fully saturated rings. The normalized spacial score (nSPS) is 15.9. The number of amides is 1. The summed E-state index contributed by atoms with van der Waals surface area (Å²) in [7, 11) is 0. The van der Waals surface area contributed by atoms with Gasteiger partial charge in [0, 0.05) is 36.4 Å². The number of para-hydroxylation sites is 1. The minimum atomic E-state index is -0.0196. The van der Waals surface area contributed by atoms with E-state index in [1.165, 1.54) is 6.33 Å². The Hall–Kier alpha value is -2.43. The van der Waals surface area contributed by atoms with Crippen LogP contribution in [-0.2, 0) is 11.2 Å². The molecule has 1 aliphatic rings. The molecule has 0 spiro atoms. The van der Waals surface area contributed by atoms with Gasteiger partial charge in [-0.05, 0) is 17.9 Å². The Kier molecular flexibility index (Phi) is 5.08. The lowest BCUT2D eigenvalue weighted by molar-refractivity contribution is -0.121. The number of carbonyl (C=O) groups excluding carboxylic acids is 1. The fraction of sp³-hybridized carbons (Fsp3) is 0.421. The number of rotatable bonds is 6. The molecule has 2 heterocycles. The van der Waals surface area contributed by atoms with Crippen molar-refractivity contribution in [1.29, 1.82) is 0 Å². The van der Waals surface area contributed by atoms with Crippen molar-refractivity contribution in [2.45, 2.75) is 39.2 Å². The molecule has 0 radical (unpaired) electrons. The molecule has 0 saturated carbocycles. The first kappa shape index (κ1) is 16.4. The topological polar surface area (TPSA) is 64.1 Å². The predicted octanol–water partition coefficient (Wildman–Crippen LogP) is 3.00. The highest BCUT2D eigenvalue weighted by molar-refractivity contribution is 5.76. The Balaban J connectivity index is 1.62. The van der Waals surface area contributed by atoms with Crippen molar-refractivity contribution in [3.05, 3.63) is 42.5 Å². The second kappa shape index (κ2) is 7.43. The van der Waals surface area contributed by atoms with Gasteiger partial charge in [-0.1, -0.05) is 32.0 Å². The molecule has 1 aromatic carbocycles. The van der Waals surface area contributed by atoms with Crippen molar-refractivity contribution in [3.8, 4) is 16.9 Å². The van der Waals surface area contributed by atoms with Gasteiger partial charge in [0.2, 0.25) is 5.91 Å². The lowest BCUT2D eigenvalue weighted by Crippen LogP contribution is -2.34. The zero-order valence-electron chi connectivity index (χ0n) is 14.2. The second-order valence-electron chi connectivity index (χ2n) is 6.60. The fourth-order valence-corrected chi connectivity index (χ4v) is 2.85. The summed E-state index contributed by atoms with van der Waals surface area (Å²) in [4.78, 5) is 20.0. The van der Waals surface area contributed by atoms with Crippen molar-refractivity contribution >= 4 is 5.91 Å². The highest BCUT2D eigenvalue weighted by Crippen LogP contribution is 2.38. The number of carbonyl (C=O) groups is 1. The van der Waals surface area contributed by atoms with E-state index in [0.29, 0.717) is 18.9 Å². The minimum Gasteiger partial charge on any atom is -0.487 e. The van der Waals surface area contributed by atoms with Crippen molar-refractivity contribution in [2.24, 2.45) is 5.92 Å². The van der Waals surface area contributed by atoms with Gasteiger partial charge in [-0.15, -0.1) is 0 Å². The molecule has 0 bridgehead atoms. The van der Waals surface area contributed by atoms with Gasteiger partial charge in [0.05, 0.1) is 6.54 Å². The minimum absolute atomic E-state index is 0.0196. The molecule has 1 atom stereocenters. The molecule has 5 nitrogen and oxygen atoms in total. The van der Waals surface area contributed by atoms with Crippen LogP contribution in [0.3, 0.4) is 0 Å². The van der Waals surface area contributed by atoms with Gasteiger partial charge in [-0.25, -0.2) is 9.97 Å². The fourth-order valence-electron chi connectivity index (χ4n) is 2.85. The number of aromatic nitrogens is 2. The number of benzene rings is 1. The molecule has 5 heteroatoms. The predicted molar refractivity (Wildman–Crippen MR) is 92.7 cm³/mol. The molecule has 1 aliphatic heterocycles. The summed E-state index contributed by atoms with van der Waals surface area (Å²) >= 11 is 0. The van der Waals surface area contributed by atoms with E-state index in [0.717, 1.165) is 35.3 Å². The largest absolute Gasteiger partial charge is 0.487 e. The molecule has 0 saturated heterocycles. The van der Waals surface area contributed by atoms with Crippen LogP contribution >= 0.6 is 0 Å². The van der Waals surface area contributed by atoms with Crippen LogP contribution in [0.4, 0.5) is 0 Å². The van der Waals surface area contributed by atoms with E-state index < -0.39 is 0 Å². The third-order valence-electron chi connectivity index (χ3n) is 4.18. The van der Waals surface area contributed by atoms with E-state index in [-0.39, 0.29) is 12.0 Å². The summed E-state index contributed by atoms with van der Waals surface area (Å²) in [5.41, 5.74) is 3.11. The molecule has 2 aromatic rings. The highest BCUT2D eigenvalue weighted by Gasteiger charge is 2.26. The van der Waals surface area contributed by atoms with E-state index in [1.807, 2.05) is 12.1 Å². The third kappa shape index (κ3) is 3.91. The number of ether oxygens (including phenoxy) is 1. The molecule has 126 valence electrons. The first-order valence-corrected chi connectivity index (χ1v) is 8.44. The average molecular weight is 325 g/mol. The van der Waals surface area contributed by atoms with E-state index in [2.05, 4.69) is 35.2 Å². The number of nitrogens with one attached hydrogen (secondary N) is 1. The van der Waals surface area contributed by atoms with Gasteiger partial charge in [-0.2, -0.15) is 0 Å². The van der Waals surface area contributed by atoms with E-state index >= 15 is 0 Å². The lowest BCUT2D eigenvalue weighted by atomic mass is 10.0. The Morgan fingerprint density at radius 2 is 2.12 bits per heavy atom. The summed E-state index contributed by atoms with van der Waals surface area (Å²) in [5, 5.41) is 2.99. The molecule has 1 aromatic heterocycles. The molecule has 1 amide bonds. The van der Waals surface area contributed by atoms with Crippen molar-refractivity contribution < 1.29 is 9.53 Å². The van der Waals surface area contributed by atoms with Gasteiger partial charge >= 0.3 is 0 Å². The van der Waals surface area contributed by atoms with Crippen molar-refractivity contribution in [3.63, 3.8) is 0 Å². The van der Waals surface area contributed by atoms with Crippen molar-refractivity contribution in [1.82, 2.24) is 15.3 Å². The van der Waals surface area contributed by atoms with Crippen LogP contribution in [0, 0.1) is 5.92 Å². The van der Waals surface area contributed by atoms with Gasteiger partial charge in [0.25, 0.3) is 0 Å². The quantitative estimate of drug-likeness (QED) is 0.887. The van der Waals surface area contributed by atoms with E-state index in [4.69, 9.17) is 4.74 Å². The Bertz CT molecular complexity index is 701. The summed E-state index contributed by atoms with van der Waals surface area (Å²) in [6, 6.07) is 6.11. The average Bonchev–Trinajstić information content (AvgIpc) is 3.02. The Morgan fingerprint density at radius 3 is 2.88 bits per heavy atom. The van der Waals surface area contributed by atoms with Crippen LogP contribution in [0.15, 0.2) is 36.9 Å². The Morgan fingerprint density at radius 1 is 1.33 bits per heavy atom. The number of hydrogen-bond acceptors (Lipinski definition) is 4. The van der Waals surface area contributed by atoms with Gasteiger partial charge in [0.15, 0.2) is 0 Å². The SMILES string of the molecule is CC(C)CCC(=O)NC[C@@H]1Cc2cccc(-c3cncnc3)c2O1. The molecule has 0 aliphatic carbocycles. The van der Waals surface area contributed by atoms with Gasteiger partial charge < -0.3 is 10.1 Å². The summed E-state index contributed by atoms with van der Waals surface area (Å²) < 4.78 is 6.10. The Labute approximate surface area is 142 Å². The molecular weight excluding hydrogens is 302 g/mol. The maximum Gasteiger partial charge on any atom is 0.220 e. The first-order valence-electron chi connectivity index (χ1n) is 8.44. The third-order valence-corrected chi connectivity index (χ3v) is 4.18. The van der Waals surface area contributed by atoms with E-state index in [9.17, 15) is 4.79 Å².